The third-order valence-electron chi connectivity index (χ3n) is 3.23. The minimum absolute atomic E-state index is 0.112. The molecule has 21 heavy (non-hydrogen) atoms. The van der Waals surface area contributed by atoms with Gasteiger partial charge in [0.2, 0.25) is 0 Å². The Labute approximate surface area is 127 Å². The van der Waals surface area contributed by atoms with Crippen LogP contribution in [0.15, 0.2) is 36.4 Å². The summed E-state index contributed by atoms with van der Waals surface area (Å²) in [7, 11) is 2.90. The Bertz CT molecular complexity index is 631. The Hall–Kier alpha value is -1.78. The molecule has 2 aromatic rings. The number of aliphatic hydroxyl groups excluding tert-OH is 1. The van der Waals surface area contributed by atoms with Gasteiger partial charge in [-0.25, -0.2) is 4.39 Å². The van der Waals surface area contributed by atoms with Gasteiger partial charge in [0, 0.05) is 17.0 Å². The fourth-order valence-electron chi connectivity index (χ4n) is 2.15. The summed E-state index contributed by atoms with van der Waals surface area (Å²) in [5.41, 5.74) is 0.933. The van der Waals surface area contributed by atoms with Crippen molar-refractivity contribution in [2.24, 2.45) is 0 Å². The van der Waals surface area contributed by atoms with Crippen LogP contribution in [0, 0.1) is 5.82 Å². The summed E-state index contributed by atoms with van der Waals surface area (Å²) < 4.78 is 24.2. The second-order valence-electron chi connectivity index (χ2n) is 4.54. The summed E-state index contributed by atoms with van der Waals surface area (Å²) in [6, 6.07) is 9.77. The molecule has 1 atom stereocenters. The van der Waals surface area contributed by atoms with Crippen LogP contribution in [0.3, 0.4) is 0 Å². The largest absolute Gasteiger partial charge is 0.496 e. The van der Waals surface area contributed by atoms with Gasteiger partial charge in [-0.3, -0.25) is 0 Å². The lowest BCUT2D eigenvalue weighted by molar-refractivity contribution is 0.172. The van der Waals surface area contributed by atoms with Crippen molar-refractivity contribution < 1.29 is 19.0 Å². The van der Waals surface area contributed by atoms with Gasteiger partial charge in [0.15, 0.2) is 11.6 Å². The molecule has 0 amide bonds. The summed E-state index contributed by atoms with van der Waals surface area (Å²) in [4.78, 5) is 0. The highest BCUT2D eigenvalue weighted by atomic mass is 35.5. The van der Waals surface area contributed by atoms with Crippen LogP contribution in [0.4, 0.5) is 4.39 Å². The van der Waals surface area contributed by atoms with Gasteiger partial charge in [-0.15, -0.1) is 0 Å². The SMILES string of the molecule is COc1cc(Cl)ccc1C(O)Cc1cccc(OC)c1F. The lowest BCUT2D eigenvalue weighted by Crippen LogP contribution is -2.06. The third kappa shape index (κ3) is 3.46. The van der Waals surface area contributed by atoms with Crippen LogP contribution in [0.2, 0.25) is 5.02 Å². The average molecular weight is 311 g/mol. The minimum atomic E-state index is -0.904. The molecular weight excluding hydrogens is 295 g/mol. The lowest BCUT2D eigenvalue weighted by Gasteiger charge is -2.16. The molecule has 2 rings (SSSR count). The van der Waals surface area contributed by atoms with Crippen LogP contribution in [0.1, 0.15) is 17.2 Å². The van der Waals surface area contributed by atoms with E-state index in [0.717, 1.165) is 0 Å². The summed E-state index contributed by atoms with van der Waals surface area (Å²) in [5, 5.41) is 10.8. The molecule has 0 bridgehead atoms. The molecule has 0 aliphatic rings. The smallest absolute Gasteiger partial charge is 0.168 e. The van der Waals surface area contributed by atoms with Crippen LogP contribution in [-0.4, -0.2) is 19.3 Å². The van der Waals surface area contributed by atoms with Crippen molar-refractivity contribution in [1.82, 2.24) is 0 Å². The number of benzene rings is 2. The van der Waals surface area contributed by atoms with Crippen LogP contribution < -0.4 is 9.47 Å². The summed E-state index contributed by atoms with van der Waals surface area (Å²) >= 11 is 5.89. The molecule has 1 unspecified atom stereocenters. The number of aliphatic hydroxyl groups is 1. The van der Waals surface area contributed by atoms with E-state index in [1.54, 1.807) is 30.3 Å². The van der Waals surface area contributed by atoms with Crippen molar-refractivity contribution in [3.05, 3.63) is 58.4 Å². The topological polar surface area (TPSA) is 38.7 Å². The first-order valence-electron chi connectivity index (χ1n) is 6.39. The molecule has 0 aliphatic heterocycles. The molecule has 0 aromatic heterocycles. The number of ether oxygens (including phenoxy) is 2. The molecule has 2 aromatic carbocycles. The highest BCUT2D eigenvalue weighted by Crippen LogP contribution is 2.31. The Morgan fingerprint density at radius 1 is 1.14 bits per heavy atom. The zero-order valence-electron chi connectivity index (χ0n) is 11.8. The van der Waals surface area contributed by atoms with E-state index < -0.39 is 11.9 Å². The van der Waals surface area contributed by atoms with Gasteiger partial charge in [-0.05, 0) is 23.8 Å². The molecule has 0 heterocycles. The van der Waals surface area contributed by atoms with Crippen LogP contribution >= 0.6 is 11.6 Å². The maximum Gasteiger partial charge on any atom is 0.168 e. The van der Waals surface area contributed by atoms with Gasteiger partial charge in [-0.2, -0.15) is 0 Å². The third-order valence-corrected chi connectivity index (χ3v) is 3.47. The van der Waals surface area contributed by atoms with E-state index in [0.29, 0.717) is 21.9 Å². The first-order chi connectivity index (χ1) is 10.1. The normalized spacial score (nSPS) is 12.0. The first kappa shape index (κ1) is 15.6. The number of halogens is 2. The molecule has 112 valence electrons. The first-order valence-corrected chi connectivity index (χ1v) is 6.77. The van der Waals surface area contributed by atoms with Crippen LogP contribution in [0.25, 0.3) is 0 Å². The van der Waals surface area contributed by atoms with Gasteiger partial charge in [0.25, 0.3) is 0 Å². The Morgan fingerprint density at radius 3 is 2.52 bits per heavy atom. The quantitative estimate of drug-likeness (QED) is 0.913. The maximum absolute atomic E-state index is 14.1. The minimum Gasteiger partial charge on any atom is -0.496 e. The predicted molar refractivity (Wildman–Crippen MR) is 79.6 cm³/mol. The summed E-state index contributed by atoms with van der Waals surface area (Å²) in [6.07, 6.45) is -0.792. The van der Waals surface area contributed by atoms with E-state index >= 15 is 0 Å². The standard InChI is InChI=1S/C16H16ClFO3/c1-20-14-5-3-4-10(16(14)18)8-13(19)12-7-6-11(17)9-15(12)21-2/h3-7,9,13,19H,8H2,1-2H3. The van der Waals surface area contributed by atoms with Gasteiger partial charge >= 0.3 is 0 Å². The van der Waals surface area contributed by atoms with Gasteiger partial charge < -0.3 is 14.6 Å². The highest BCUT2D eigenvalue weighted by Gasteiger charge is 2.17. The zero-order chi connectivity index (χ0) is 15.4. The molecule has 0 radical (unpaired) electrons. The average Bonchev–Trinajstić information content (AvgIpc) is 2.49. The van der Waals surface area contributed by atoms with Crippen molar-refractivity contribution in [3.8, 4) is 11.5 Å². The zero-order valence-corrected chi connectivity index (χ0v) is 12.5. The second-order valence-corrected chi connectivity index (χ2v) is 4.98. The molecule has 3 nitrogen and oxygen atoms in total. The highest BCUT2D eigenvalue weighted by molar-refractivity contribution is 6.30. The molecule has 0 fully saturated rings. The second kappa shape index (κ2) is 6.78. The van der Waals surface area contributed by atoms with Crippen LogP contribution in [0.5, 0.6) is 11.5 Å². The molecular formula is C16H16ClFO3. The van der Waals surface area contributed by atoms with E-state index in [2.05, 4.69) is 0 Å². The van der Waals surface area contributed by atoms with Crippen molar-refractivity contribution in [2.45, 2.75) is 12.5 Å². The van der Waals surface area contributed by atoms with Crippen molar-refractivity contribution in [3.63, 3.8) is 0 Å². The van der Waals surface area contributed by atoms with Gasteiger partial charge in [0.05, 0.1) is 20.3 Å². The molecule has 0 saturated carbocycles. The van der Waals surface area contributed by atoms with Crippen molar-refractivity contribution in [2.75, 3.05) is 14.2 Å². The Morgan fingerprint density at radius 2 is 1.86 bits per heavy atom. The maximum atomic E-state index is 14.1. The van der Waals surface area contributed by atoms with Crippen molar-refractivity contribution >= 4 is 11.6 Å². The molecule has 0 spiro atoms. The number of methoxy groups -OCH3 is 2. The monoisotopic (exact) mass is 310 g/mol. The summed E-state index contributed by atoms with van der Waals surface area (Å²) in [6.45, 7) is 0. The predicted octanol–water partition coefficient (Wildman–Crippen LogP) is 3.77. The van der Waals surface area contributed by atoms with E-state index in [1.807, 2.05) is 0 Å². The molecule has 0 aliphatic carbocycles. The lowest BCUT2D eigenvalue weighted by atomic mass is 10.00. The number of rotatable bonds is 5. The van der Waals surface area contributed by atoms with E-state index in [1.165, 1.54) is 20.3 Å². The summed E-state index contributed by atoms with van der Waals surface area (Å²) in [5.74, 6) is 0.160. The van der Waals surface area contributed by atoms with Crippen LogP contribution in [-0.2, 0) is 6.42 Å². The number of hydrogen-bond acceptors (Lipinski definition) is 3. The Kier molecular flexibility index (Phi) is 5.04. The fraction of sp³-hybridized carbons (Fsp3) is 0.250. The van der Waals surface area contributed by atoms with Gasteiger partial charge in [-0.1, -0.05) is 29.8 Å². The fourth-order valence-corrected chi connectivity index (χ4v) is 2.31. The molecule has 0 saturated heterocycles. The Balaban J connectivity index is 2.28. The molecule has 1 N–H and O–H groups in total. The van der Waals surface area contributed by atoms with Gasteiger partial charge in [0.1, 0.15) is 5.75 Å². The van der Waals surface area contributed by atoms with E-state index in [4.69, 9.17) is 21.1 Å². The van der Waals surface area contributed by atoms with E-state index in [-0.39, 0.29) is 12.2 Å². The van der Waals surface area contributed by atoms with Crippen molar-refractivity contribution in [1.29, 1.82) is 0 Å². The number of hydrogen-bond donors (Lipinski definition) is 1. The van der Waals surface area contributed by atoms with E-state index in [9.17, 15) is 9.50 Å². The molecule has 5 heteroatoms.